The number of nitrogens with one attached hydrogen (secondary N) is 4. The van der Waals surface area contributed by atoms with Gasteiger partial charge in [-0.2, -0.15) is 0 Å². The third-order valence-corrected chi connectivity index (χ3v) is 10.3. The van der Waals surface area contributed by atoms with E-state index in [2.05, 4.69) is 35.1 Å². The van der Waals surface area contributed by atoms with Gasteiger partial charge in [0.15, 0.2) is 0 Å². The molecule has 0 heterocycles. The van der Waals surface area contributed by atoms with Crippen molar-refractivity contribution in [3.63, 3.8) is 0 Å². The molecule has 1 aromatic carbocycles. The number of hydrogen-bond acceptors (Lipinski definition) is 8. The van der Waals surface area contributed by atoms with Gasteiger partial charge in [0, 0.05) is 33.0 Å². The number of unbranched alkanes of at least 4 members (excludes halogenated alkanes) is 2. The summed E-state index contributed by atoms with van der Waals surface area (Å²) in [6, 6.07) is 4.53. The minimum atomic E-state index is -1.14. The van der Waals surface area contributed by atoms with E-state index in [1.54, 1.807) is 47.1 Å². The highest BCUT2D eigenvalue weighted by Gasteiger charge is 2.36. The Balaban J connectivity index is 2.15. The van der Waals surface area contributed by atoms with Gasteiger partial charge in [0.2, 0.25) is 23.6 Å². The number of methoxy groups -OCH3 is 1. The zero-order valence-corrected chi connectivity index (χ0v) is 36.4. The van der Waals surface area contributed by atoms with Crippen molar-refractivity contribution in [3.8, 4) is 5.75 Å². The predicted octanol–water partition coefficient (Wildman–Crippen LogP) is 6.05. The number of likely N-dealkylation sites (N-methyl/N-ethyl adjacent to an activating group) is 1. The van der Waals surface area contributed by atoms with Crippen LogP contribution in [0, 0.1) is 17.8 Å². The summed E-state index contributed by atoms with van der Waals surface area (Å²) in [7, 11) is 3.13. The lowest BCUT2D eigenvalue weighted by Crippen LogP contribution is -2.58. The summed E-state index contributed by atoms with van der Waals surface area (Å²) in [5, 5.41) is 23.1. The molecular formula is C44H75N5O8. The highest BCUT2D eigenvalue weighted by Crippen LogP contribution is 2.29. The Morgan fingerprint density at radius 1 is 0.860 bits per heavy atom. The number of benzene rings is 1. The van der Waals surface area contributed by atoms with Crippen LogP contribution in [-0.2, 0) is 30.3 Å². The maximum absolute atomic E-state index is 14.3. The molecule has 0 bridgehead atoms. The number of ether oxygens (including phenoxy) is 2. The standard InChI is InChI=1S/C44H75N5O8/c1-30(2)23-25-46-39(51)18-14-11-15-24-45-40(52)29-38(50)35(27-32-16-12-10-13-17-32)47-41(53)37(26-31(3)4)49(8)42(54)36(48-43(55)57-44(5,6)7)28-33-19-21-34(56-9)22-20-33/h19-22,30-32,35-38,50H,10-18,23-29H2,1-9H3,(H,45,52)(H,46,51)(H,47,53)(H,48,55)/t35-,36-,37-,38+/m0/s1. The Kier molecular flexibility index (Phi) is 22.0. The summed E-state index contributed by atoms with van der Waals surface area (Å²) in [6.45, 7) is 14.5. The summed E-state index contributed by atoms with van der Waals surface area (Å²) in [5.41, 5.74) is -0.0156. The van der Waals surface area contributed by atoms with E-state index in [0.717, 1.165) is 56.9 Å². The van der Waals surface area contributed by atoms with E-state index in [4.69, 9.17) is 9.47 Å². The molecule has 0 saturated heterocycles. The summed E-state index contributed by atoms with van der Waals surface area (Å²) in [6.07, 6.45) is 7.85. The Hall–Kier alpha value is -3.87. The van der Waals surface area contributed by atoms with Gasteiger partial charge in [-0.1, -0.05) is 78.4 Å². The normalized spacial score (nSPS) is 15.6. The van der Waals surface area contributed by atoms with Crippen LogP contribution in [0.1, 0.15) is 138 Å². The summed E-state index contributed by atoms with van der Waals surface area (Å²) in [4.78, 5) is 68.0. The fourth-order valence-corrected chi connectivity index (χ4v) is 7.12. The molecule has 13 nitrogen and oxygen atoms in total. The predicted molar refractivity (Wildman–Crippen MR) is 224 cm³/mol. The molecule has 57 heavy (non-hydrogen) atoms. The monoisotopic (exact) mass is 802 g/mol. The van der Waals surface area contributed by atoms with E-state index in [1.807, 2.05) is 26.0 Å². The largest absolute Gasteiger partial charge is 0.497 e. The fraction of sp³-hybridized carbons (Fsp3) is 0.750. The zero-order chi connectivity index (χ0) is 42.5. The van der Waals surface area contributed by atoms with E-state index < -0.39 is 47.7 Å². The van der Waals surface area contributed by atoms with Crippen molar-refractivity contribution in [2.75, 3.05) is 27.2 Å². The summed E-state index contributed by atoms with van der Waals surface area (Å²) >= 11 is 0. The van der Waals surface area contributed by atoms with Crippen LogP contribution in [0.25, 0.3) is 0 Å². The molecule has 1 saturated carbocycles. The van der Waals surface area contributed by atoms with Gasteiger partial charge in [0.25, 0.3) is 0 Å². The Morgan fingerprint density at radius 3 is 2.11 bits per heavy atom. The SMILES string of the molecule is COc1ccc(C[C@H](NC(=O)OC(C)(C)C)C(=O)N(C)[C@@H](CC(C)C)C(=O)N[C@@H](CC2CCCCC2)[C@H](O)CC(=O)NCCCCCC(=O)NCCC(C)C)cc1. The molecule has 5 amide bonds. The van der Waals surface area contributed by atoms with Crippen molar-refractivity contribution >= 4 is 29.7 Å². The molecule has 13 heteroatoms. The minimum Gasteiger partial charge on any atom is -0.497 e. The van der Waals surface area contributed by atoms with Crippen LogP contribution in [0.5, 0.6) is 5.75 Å². The number of aliphatic hydroxyl groups excluding tert-OH is 1. The lowest BCUT2D eigenvalue weighted by molar-refractivity contribution is -0.141. The molecule has 5 N–H and O–H groups in total. The number of aliphatic hydroxyl groups is 1. The number of rotatable bonds is 24. The topological polar surface area (TPSA) is 175 Å². The Labute approximate surface area is 342 Å². The number of hydrogen-bond donors (Lipinski definition) is 5. The molecule has 1 fully saturated rings. The molecule has 1 aliphatic carbocycles. The fourth-order valence-electron chi connectivity index (χ4n) is 7.12. The second-order valence-electron chi connectivity index (χ2n) is 17.7. The smallest absolute Gasteiger partial charge is 0.408 e. The van der Waals surface area contributed by atoms with Crippen LogP contribution < -0.4 is 26.0 Å². The van der Waals surface area contributed by atoms with Gasteiger partial charge in [0.05, 0.1) is 25.7 Å². The summed E-state index contributed by atoms with van der Waals surface area (Å²) < 4.78 is 10.8. The van der Waals surface area contributed by atoms with Crippen LogP contribution in [0.3, 0.4) is 0 Å². The molecule has 0 unspecified atom stereocenters. The van der Waals surface area contributed by atoms with E-state index >= 15 is 0 Å². The molecule has 0 aromatic heterocycles. The number of amides is 5. The van der Waals surface area contributed by atoms with Gasteiger partial charge in [-0.25, -0.2) is 4.79 Å². The second kappa shape index (κ2) is 25.5. The molecule has 0 aliphatic heterocycles. The average Bonchev–Trinajstić information content (AvgIpc) is 3.13. The first-order valence-electron chi connectivity index (χ1n) is 21.3. The molecule has 0 spiro atoms. The van der Waals surface area contributed by atoms with Crippen molar-refractivity contribution in [3.05, 3.63) is 29.8 Å². The highest BCUT2D eigenvalue weighted by molar-refractivity contribution is 5.91. The van der Waals surface area contributed by atoms with Crippen LogP contribution in [0.15, 0.2) is 24.3 Å². The molecule has 1 aliphatic rings. The average molecular weight is 802 g/mol. The van der Waals surface area contributed by atoms with Gasteiger partial charge >= 0.3 is 6.09 Å². The van der Waals surface area contributed by atoms with Crippen LogP contribution in [0.2, 0.25) is 0 Å². The number of alkyl carbamates (subject to hydrolysis) is 1. The number of carbonyl (C=O) groups excluding carboxylic acids is 5. The van der Waals surface area contributed by atoms with Gasteiger partial charge < -0.3 is 40.7 Å². The van der Waals surface area contributed by atoms with E-state index in [0.29, 0.717) is 56.4 Å². The summed E-state index contributed by atoms with van der Waals surface area (Å²) in [5.74, 6) is 0.363. The number of nitrogens with zero attached hydrogens (tertiary/aromatic N) is 1. The van der Waals surface area contributed by atoms with Crippen molar-refractivity contribution in [1.29, 1.82) is 0 Å². The first-order valence-corrected chi connectivity index (χ1v) is 21.3. The third kappa shape index (κ3) is 20.4. The Morgan fingerprint density at radius 2 is 1.51 bits per heavy atom. The maximum atomic E-state index is 14.3. The van der Waals surface area contributed by atoms with E-state index in [9.17, 15) is 29.1 Å². The molecule has 4 atom stereocenters. The van der Waals surface area contributed by atoms with Gasteiger partial charge in [-0.15, -0.1) is 0 Å². The highest BCUT2D eigenvalue weighted by atomic mass is 16.6. The molecule has 2 rings (SSSR count). The second-order valence-corrected chi connectivity index (χ2v) is 17.7. The zero-order valence-electron chi connectivity index (χ0n) is 36.4. The van der Waals surface area contributed by atoms with Gasteiger partial charge in [0.1, 0.15) is 23.4 Å². The maximum Gasteiger partial charge on any atom is 0.408 e. The van der Waals surface area contributed by atoms with Crippen molar-refractivity contribution in [2.24, 2.45) is 17.8 Å². The lowest BCUT2D eigenvalue weighted by atomic mass is 9.83. The van der Waals surface area contributed by atoms with E-state index in [1.165, 1.54) is 4.90 Å². The van der Waals surface area contributed by atoms with Gasteiger partial charge in [-0.3, -0.25) is 19.2 Å². The quantitative estimate of drug-likeness (QED) is 0.0786. The lowest BCUT2D eigenvalue weighted by Gasteiger charge is -2.35. The van der Waals surface area contributed by atoms with E-state index in [-0.39, 0.29) is 30.6 Å². The molecular weight excluding hydrogens is 727 g/mol. The van der Waals surface area contributed by atoms with Crippen LogP contribution in [0.4, 0.5) is 4.79 Å². The third-order valence-electron chi connectivity index (χ3n) is 10.3. The first-order chi connectivity index (χ1) is 26.9. The number of carbonyl (C=O) groups is 5. The molecule has 324 valence electrons. The van der Waals surface area contributed by atoms with Crippen molar-refractivity contribution in [2.45, 2.75) is 168 Å². The molecule has 0 radical (unpaired) electrons. The van der Waals surface area contributed by atoms with Crippen LogP contribution in [-0.4, -0.2) is 96.8 Å². The van der Waals surface area contributed by atoms with Crippen LogP contribution >= 0.6 is 0 Å². The van der Waals surface area contributed by atoms with Crippen molar-refractivity contribution in [1.82, 2.24) is 26.2 Å². The minimum absolute atomic E-state index is 0.0293. The Bertz CT molecular complexity index is 1370. The van der Waals surface area contributed by atoms with Gasteiger partial charge in [-0.05, 0) is 88.3 Å². The van der Waals surface area contributed by atoms with Crippen molar-refractivity contribution < 1.29 is 38.6 Å². The first kappa shape index (κ1) is 49.3. The molecule has 1 aromatic rings.